The van der Waals surface area contributed by atoms with Gasteiger partial charge in [0.05, 0.1) is 26.4 Å². The first-order valence-corrected chi connectivity index (χ1v) is 8.55. The number of hydrogen-bond donors (Lipinski definition) is 0. The first-order valence-electron chi connectivity index (χ1n) is 8.17. The van der Waals surface area contributed by atoms with Crippen LogP contribution in [-0.2, 0) is 6.42 Å². The van der Waals surface area contributed by atoms with Gasteiger partial charge in [0.15, 0.2) is 17.3 Å². The number of benzene rings is 2. The van der Waals surface area contributed by atoms with Crippen molar-refractivity contribution in [2.45, 2.75) is 25.7 Å². The van der Waals surface area contributed by atoms with Gasteiger partial charge in [-0.2, -0.15) is 0 Å². The molecule has 0 aliphatic heterocycles. The number of methoxy groups -OCH3 is 3. The van der Waals surface area contributed by atoms with E-state index in [0.29, 0.717) is 28.5 Å². The van der Waals surface area contributed by atoms with Crippen LogP contribution in [0.1, 0.15) is 35.2 Å². The maximum atomic E-state index is 12.2. The second-order valence-electron chi connectivity index (χ2n) is 5.63. The average Bonchev–Trinajstić information content (AvgIpc) is 2.65. The van der Waals surface area contributed by atoms with Crippen LogP contribution in [0.15, 0.2) is 36.4 Å². The van der Waals surface area contributed by atoms with Gasteiger partial charge in [-0.15, -0.1) is 0 Å². The molecule has 0 saturated heterocycles. The molecule has 0 unspecified atom stereocenters. The van der Waals surface area contributed by atoms with E-state index in [-0.39, 0.29) is 5.78 Å². The van der Waals surface area contributed by atoms with Crippen LogP contribution in [0.2, 0.25) is 5.02 Å². The van der Waals surface area contributed by atoms with Crippen molar-refractivity contribution in [1.29, 1.82) is 0 Å². The highest BCUT2D eigenvalue weighted by Gasteiger charge is 2.13. The standard InChI is InChI=1S/C20H23ClO4/c1-23-16-11-8-14(9-12-16)17(22)7-5-4-6-15-10-13-18(24-2)20(25-3)19(15)21/h8-13H,4-7H2,1-3H3. The zero-order valence-corrected chi connectivity index (χ0v) is 15.6. The minimum absolute atomic E-state index is 0.140. The van der Waals surface area contributed by atoms with E-state index in [2.05, 4.69) is 0 Å². The van der Waals surface area contributed by atoms with Gasteiger partial charge in [-0.05, 0) is 55.2 Å². The molecular formula is C20H23ClO4. The molecule has 5 heteroatoms. The van der Waals surface area contributed by atoms with E-state index in [0.717, 1.165) is 30.6 Å². The van der Waals surface area contributed by atoms with Crippen LogP contribution in [0.25, 0.3) is 0 Å². The minimum atomic E-state index is 0.140. The Morgan fingerprint density at radius 3 is 2.24 bits per heavy atom. The fraction of sp³-hybridized carbons (Fsp3) is 0.350. The van der Waals surface area contributed by atoms with Gasteiger partial charge in [-0.1, -0.05) is 17.7 Å². The highest BCUT2D eigenvalue weighted by atomic mass is 35.5. The average molecular weight is 363 g/mol. The van der Waals surface area contributed by atoms with Crippen LogP contribution in [0.4, 0.5) is 0 Å². The van der Waals surface area contributed by atoms with Gasteiger partial charge in [0, 0.05) is 12.0 Å². The van der Waals surface area contributed by atoms with Gasteiger partial charge >= 0.3 is 0 Å². The Morgan fingerprint density at radius 1 is 0.920 bits per heavy atom. The third-order valence-electron chi connectivity index (χ3n) is 4.08. The molecule has 0 aromatic heterocycles. The third-order valence-corrected chi connectivity index (χ3v) is 4.49. The van der Waals surface area contributed by atoms with Crippen molar-refractivity contribution in [3.63, 3.8) is 0 Å². The predicted molar refractivity (Wildman–Crippen MR) is 99.4 cm³/mol. The summed E-state index contributed by atoms with van der Waals surface area (Å²) in [5.74, 6) is 2.06. The number of unbranched alkanes of at least 4 members (excludes halogenated alkanes) is 1. The number of halogens is 1. The van der Waals surface area contributed by atoms with Crippen molar-refractivity contribution in [3.05, 3.63) is 52.5 Å². The number of rotatable bonds is 9. The summed E-state index contributed by atoms with van der Waals surface area (Å²) < 4.78 is 15.6. The molecule has 0 amide bonds. The zero-order valence-electron chi connectivity index (χ0n) is 14.8. The van der Waals surface area contributed by atoms with Crippen LogP contribution in [0.3, 0.4) is 0 Å². The van der Waals surface area contributed by atoms with Gasteiger partial charge in [0.1, 0.15) is 5.75 Å². The number of Topliss-reactive ketones (excluding diaryl/α,β-unsaturated/α-hetero) is 1. The van der Waals surface area contributed by atoms with Crippen LogP contribution >= 0.6 is 11.6 Å². The number of aryl methyl sites for hydroxylation is 1. The number of hydrogen-bond acceptors (Lipinski definition) is 4. The molecule has 2 rings (SSSR count). The summed E-state index contributed by atoms with van der Waals surface area (Å²) in [6, 6.07) is 11.0. The quantitative estimate of drug-likeness (QED) is 0.467. The van der Waals surface area contributed by atoms with Crippen LogP contribution in [-0.4, -0.2) is 27.1 Å². The number of ketones is 1. The SMILES string of the molecule is COc1ccc(C(=O)CCCCc2ccc(OC)c(OC)c2Cl)cc1. The van der Waals surface area contributed by atoms with E-state index >= 15 is 0 Å². The predicted octanol–water partition coefficient (Wildman–Crippen LogP) is 4.96. The van der Waals surface area contributed by atoms with Gasteiger partial charge in [-0.25, -0.2) is 0 Å². The van der Waals surface area contributed by atoms with Gasteiger partial charge < -0.3 is 14.2 Å². The molecule has 25 heavy (non-hydrogen) atoms. The lowest BCUT2D eigenvalue weighted by Gasteiger charge is -2.12. The number of ether oxygens (including phenoxy) is 3. The third kappa shape index (κ3) is 4.89. The Labute approximate surface area is 153 Å². The Balaban J connectivity index is 1.87. The molecule has 0 fully saturated rings. The van der Waals surface area contributed by atoms with Crippen molar-refractivity contribution in [3.8, 4) is 17.2 Å². The highest BCUT2D eigenvalue weighted by molar-refractivity contribution is 6.33. The summed E-state index contributed by atoms with van der Waals surface area (Å²) in [6.45, 7) is 0. The molecule has 134 valence electrons. The molecule has 0 aliphatic carbocycles. The molecule has 2 aromatic rings. The molecule has 0 heterocycles. The number of carbonyl (C=O) groups excluding carboxylic acids is 1. The first kappa shape index (κ1) is 19.1. The van der Waals surface area contributed by atoms with Crippen LogP contribution in [0, 0.1) is 0 Å². The summed E-state index contributed by atoms with van der Waals surface area (Å²) in [7, 11) is 4.76. The van der Waals surface area contributed by atoms with Gasteiger partial charge in [-0.3, -0.25) is 4.79 Å². The first-order chi connectivity index (χ1) is 12.1. The van der Waals surface area contributed by atoms with Gasteiger partial charge in [0.2, 0.25) is 0 Å². The maximum Gasteiger partial charge on any atom is 0.179 e. The van der Waals surface area contributed by atoms with E-state index in [9.17, 15) is 4.79 Å². The topological polar surface area (TPSA) is 44.8 Å². The summed E-state index contributed by atoms with van der Waals surface area (Å²) in [6.07, 6.45) is 2.97. The van der Waals surface area contributed by atoms with E-state index in [1.54, 1.807) is 45.6 Å². The van der Waals surface area contributed by atoms with Crippen molar-refractivity contribution in [1.82, 2.24) is 0 Å². The van der Waals surface area contributed by atoms with Crippen molar-refractivity contribution < 1.29 is 19.0 Å². The van der Waals surface area contributed by atoms with Crippen LogP contribution in [0.5, 0.6) is 17.2 Å². The highest BCUT2D eigenvalue weighted by Crippen LogP contribution is 2.37. The molecule has 0 saturated carbocycles. The molecule has 0 radical (unpaired) electrons. The lowest BCUT2D eigenvalue weighted by atomic mass is 10.0. The van der Waals surface area contributed by atoms with Crippen molar-refractivity contribution in [2.75, 3.05) is 21.3 Å². The second-order valence-corrected chi connectivity index (χ2v) is 6.01. The van der Waals surface area contributed by atoms with Crippen molar-refractivity contribution >= 4 is 17.4 Å². The molecule has 0 atom stereocenters. The summed E-state index contributed by atoms with van der Waals surface area (Å²) in [4.78, 5) is 12.2. The molecule has 0 N–H and O–H groups in total. The Bertz CT molecular complexity index is 710. The second kappa shape index (κ2) is 9.33. The van der Waals surface area contributed by atoms with Crippen molar-refractivity contribution in [2.24, 2.45) is 0 Å². The van der Waals surface area contributed by atoms with E-state index in [1.165, 1.54) is 0 Å². The normalized spacial score (nSPS) is 10.4. The molecule has 0 bridgehead atoms. The summed E-state index contributed by atoms with van der Waals surface area (Å²) in [5.41, 5.74) is 1.71. The lowest BCUT2D eigenvalue weighted by molar-refractivity contribution is 0.0979. The lowest BCUT2D eigenvalue weighted by Crippen LogP contribution is -2.00. The summed E-state index contributed by atoms with van der Waals surface area (Å²) >= 11 is 6.37. The molecule has 4 nitrogen and oxygen atoms in total. The fourth-order valence-electron chi connectivity index (χ4n) is 2.65. The zero-order chi connectivity index (χ0) is 18.2. The maximum absolute atomic E-state index is 12.2. The minimum Gasteiger partial charge on any atom is -0.497 e. The Hall–Kier alpha value is -2.20. The monoisotopic (exact) mass is 362 g/mol. The van der Waals surface area contributed by atoms with Crippen LogP contribution < -0.4 is 14.2 Å². The van der Waals surface area contributed by atoms with E-state index in [4.69, 9.17) is 25.8 Å². The molecule has 2 aromatic carbocycles. The Kier molecular flexibility index (Phi) is 7.14. The molecule has 0 spiro atoms. The van der Waals surface area contributed by atoms with E-state index < -0.39 is 0 Å². The summed E-state index contributed by atoms with van der Waals surface area (Å²) in [5, 5.41) is 0.573. The van der Waals surface area contributed by atoms with Gasteiger partial charge in [0.25, 0.3) is 0 Å². The van der Waals surface area contributed by atoms with E-state index in [1.807, 2.05) is 12.1 Å². The fourth-order valence-corrected chi connectivity index (χ4v) is 2.97. The molecular weight excluding hydrogens is 340 g/mol. The smallest absolute Gasteiger partial charge is 0.179 e. The molecule has 0 aliphatic rings. The number of carbonyl (C=O) groups is 1. The Morgan fingerprint density at radius 2 is 1.64 bits per heavy atom. The largest absolute Gasteiger partial charge is 0.497 e.